The van der Waals surface area contributed by atoms with Gasteiger partial charge < -0.3 is 9.73 Å². The van der Waals surface area contributed by atoms with Gasteiger partial charge in [-0.1, -0.05) is 0 Å². The second-order valence-corrected chi connectivity index (χ2v) is 4.98. The molecule has 17 heavy (non-hydrogen) atoms. The minimum Gasteiger partial charge on any atom is -0.469 e. The van der Waals surface area contributed by atoms with E-state index in [9.17, 15) is 0 Å². The summed E-state index contributed by atoms with van der Waals surface area (Å²) in [6, 6.07) is 6.37. The van der Waals surface area contributed by atoms with Crippen molar-refractivity contribution in [2.45, 2.75) is 25.3 Å². The second-order valence-electron chi connectivity index (χ2n) is 4.23. The molecule has 88 valence electrons. The third-order valence-corrected chi connectivity index (χ3v) is 3.77. The molecule has 0 fully saturated rings. The van der Waals surface area contributed by atoms with E-state index in [2.05, 4.69) is 32.3 Å². The van der Waals surface area contributed by atoms with Crippen molar-refractivity contribution < 1.29 is 4.42 Å². The number of pyridine rings is 1. The number of hydrogen-bond acceptors (Lipinski definition) is 3. The number of halogens is 1. The summed E-state index contributed by atoms with van der Waals surface area (Å²) in [6.07, 6.45) is 6.90. The summed E-state index contributed by atoms with van der Waals surface area (Å²) in [5.41, 5.74) is 2.32. The molecule has 1 aliphatic rings. The van der Waals surface area contributed by atoms with E-state index in [1.807, 2.05) is 12.1 Å². The molecule has 0 saturated carbocycles. The van der Waals surface area contributed by atoms with Crippen LogP contribution in [0.2, 0.25) is 0 Å². The lowest BCUT2D eigenvalue weighted by Gasteiger charge is -2.24. The Bertz CT molecular complexity index is 524. The first-order valence-corrected chi connectivity index (χ1v) is 6.57. The van der Waals surface area contributed by atoms with Crippen molar-refractivity contribution >= 4 is 21.6 Å². The van der Waals surface area contributed by atoms with Crippen LogP contribution in [0.3, 0.4) is 0 Å². The summed E-state index contributed by atoms with van der Waals surface area (Å²) >= 11 is 3.46. The highest BCUT2D eigenvalue weighted by Crippen LogP contribution is 2.34. The Morgan fingerprint density at radius 1 is 1.41 bits per heavy atom. The maximum Gasteiger partial charge on any atom is 0.129 e. The Balaban J connectivity index is 1.86. The molecule has 0 bridgehead atoms. The van der Waals surface area contributed by atoms with Gasteiger partial charge in [0.15, 0.2) is 0 Å². The molecule has 1 unspecified atom stereocenters. The Kier molecular flexibility index (Phi) is 2.89. The van der Waals surface area contributed by atoms with Crippen molar-refractivity contribution in [3.8, 4) is 0 Å². The van der Waals surface area contributed by atoms with Gasteiger partial charge in [0.25, 0.3) is 0 Å². The zero-order chi connectivity index (χ0) is 11.7. The topological polar surface area (TPSA) is 38.1 Å². The number of aryl methyl sites for hydroxylation is 1. The van der Waals surface area contributed by atoms with Crippen molar-refractivity contribution in [3.05, 3.63) is 46.6 Å². The van der Waals surface area contributed by atoms with Crippen LogP contribution in [0.5, 0.6) is 0 Å². The molecule has 4 heteroatoms. The summed E-state index contributed by atoms with van der Waals surface area (Å²) in [4.78, 5) is 4.22. The maximum atomic E-state index is 5.49. The van der Waals surface area contributed by atoms with E-state index >= 15 is 0 Å². The number of hydrogen-bond donors (Lipinski definition) is 1. The van der Waals surface area contributed by atoms with Gasteiger partial charge in [0.1, 0.15) is 10.4 Å². The van der Waals surface area contributed by atoms with E-state index in [4.69, 9.17) is 4.42 Å². The second kappa shape index (κ2) is 4.53. The number of anilines is 1. The number of rotatable bonds is 2. The average molecular weight is 293 g/mol. The van der Waals surface area contributed by atoms with Crippen LogP contribution >= 0.6 is 15.9 Å². The lowest BCUT2D eigenvalue weighted by atomic mass is 9.93. The zero-order valence-electron chi connectivity index (χ0n) is 9.32. The molecule has 3 nitrogen and oxygen atoms in total. The fraction of sp³-hybridized carbons (Fsp3) is 0.308. The first kappa shape index (κ1) is 10.8. The fourth-order valence-corrected chi connectivity index (χ4v) is 2.68. The van der Waals surface area contributed by atoms with Crippen molar-refractivity contribution in [3.63, 3.8) is 0 Å². The van der Waals surface area contributed by atoms with E-state index in [0.717, 1.165) is 35.3 Å². The molecule has 0 saturated heterocycles. The van der Waals surface area contributed by atoms with Crippen molar-refractivity contribution in [2.24, 2.45) is 0 Å². The van der Waals surface area contributed by atoms with Gasteiger partial charge in [-0.3, -0.25) is 0 Å². The third kappa shape index (κ3) is 2.09. The van der Waals surface area contributed by atoms with E-state index in [-0.39, 0.29) is 0 Å². The van der Waals surface area contributed by atoms with Gasteiger partial charge in [-0.15, -0.1) is 0 Å². The highest BCUT2D eigenvalue weighted by atomic mass is 79.9. The maximum absolute atomic E-state index is 5.49. The molecule has 0 aromatic carbocycles. The summed E-state index contributed by atoms with van der Waals surface area (Å²) in [5, 5.41) is 3.52. The first-order chi connectivity index (χ1) is 8.34. The molecule has 0 spiro atoms. The molecular formula is C13H13BrN2O. The van der Waals surface area contributed by atoms with Gasteiger partial charge in [0.05, 0.1) is 18.0 Å². The smallest absolute Gasteiger partial charge is 0.129 e. The van der Waals surface area contributed by atoms with Gasteiger partial charge >= 0.3 is 0 Å². The van der Waals surface area contributed by atoms with Gasteiger partial charge in [-0.2, -0.15) is 0 Å². The predicted octanol–water partition coefficient (Wildman–Crippen LogP) is 3.93. The normalized spacial score (nSPS) is 18.8. The van der Waals surface area contributed by atoms with Crippen molar-refractivity contribution in [1.82, 2.24) is 4.98 Å². The molecule has 0 aliphatic heterocycles. The number of fused-ring (bicyclic) bond motifs is 1. The standard InChI is InChI=1S/C13H13BrN2O/c14-13-11(4-2-7-15-13)16-10-3-1-5-12-9(10)6-8-17-12/h2,4,6-8,10,16H,1,3,5H2. The predicted molar refractivity (Wildman–Crippen MR) is 69.9 cm³/mol. The minimum atomic E-state index is 0.331. The van der Waals surface area contributed by atoms with Gasteiger partial charge in [-0.05, 0) is 47.0 Å². The largest absolute Gasteiger partial charge is 0.469 e. The molecule has 1 atom stereocenters. The molecule has 3 rings (SSSR count). The average Bonchev–Trinajstić information content (AvgIpc) is 2.81. The quantitative estimate of drug-likeness (QED) is 0.853. The number of nitrogens with zero attached hydrogens (tertiary/aromatic N) is 1. The van der Waals surface area contributed by atoms with Gasteiger partial charge in [0, 0.05) is 18.2 Å². The van der Waals surface area contributed by atoms with Crippen molar-refractivity contribution in [2.75, 3.05) is 5.32 Å². The summed E-state index contributed by atoms with van der Waals surface area (Å²) < 4.78 is 6.34. The summed E-state index contributed by atoms with van der Waals surface area (Å²) in [6.45, 7) is 0. The molecule has 1 N–H and O–H groups in total. The molecular weight excluding hydrogens is 280 g/mol. The highest BCUT2D eigenvalue weighted by molar-refractivity contribution is 9.10. The Morgan fingerprint density at radius 3 is 3.24 bits per heavy atom. The molecule has 0 amide bonds. The Labute approximate surface area is 108 Å². The monoisotopic (exact) mass is 292 g/mol. The van der Waals surface area contributed by atoms with Crippen LogP contribution < -0.4 is 5.32 Å². The Morgan fingerprint density at radius 2 is 2.35 bits per heavy atom. The van der Waals surface area contributed by atoms with Gasteiger partial charge in [-0.25, -0.2) is 4.98 Å². The molecule has 2 aromatic heterocycles. The number of furan rings is 1. The first-order valence-electron chi connectivity index (χ1n) is 5.78. The van der Waals surface area contributed by atoms with E-state index in [0.29, 0.717) is 6.04 Å². The number of nitrogens with one attached hydrogen (secondary N) is 1. The highest BCUT2D eigenvalue weighted by Gasteiger charge is 2.22. The van der Waals surface area contributed by atoms with Crippen LogP contribution in [-0.2, 0) is 6.42 Å². The third-order valence-electron chi connectivity index (χ3n) is 3.14. The minimum absolute atomic E-state index is 0.331. The lowest BCUT2D eigenvalue weighted by molar-refractivity contribution is 0.461. The van der Waals surface area contributed by atoms with Crippen LogP contribution in [-0.4, -0.2) is 4.98 Å². The molecule has 2 heterocycles. The molecule has 1 aliphatic carbocycles. The summed E-state index contributed by atoms with van der Waals surface area (Å²) in [5.74, 6) is 1.12. The number of aromatic nitrogens is 1. The van der Waals surface area contributed by atoms with Crippen LogP contribution in [0.1, 0.15) is 30.2 Å². The lowest BCUT2D eigenvalue weighted by Crippen LogP contribution is -2.16. The van der Waals surface area contributed by atoms with Crippen LogP contribution in [0.4, 0.5) is 5.69 Å². The fourth-order valence-electron chi connectivity index (χ4n) is 2.32. The summed E-state index contributed by atoms with van der Waals surface area (Å²) in [7, 11) is 0. The van der Waals surface area contributed by atoms with Crippen LogP contribution in [0, 0.1) is 0 Å². The SMILES string of the molecule is Brc1ncccc1NC1CCCc2occc21. The van der Waals surface area contributed by atoms with E-state index in [1.54, 1.807) is 12.5 Å². The zero-order valence-corrected chi connectivity index (χ0v) is 10.9. The molecule has 2 aromatic rings. The van der Waals surface area contributed by atoms with Crippen molar-refractivity contribution in [1.29, 1.82) is 0 Å². The van der Waals surface area contributed by atoms with E-state index in [1.165, 1.54) is 5.56 Å². The molecule has 0 radical (unpaired) electrons. The van der Waals surface area contributed by atoms with Gasteiger partial charge in [0.2, 0.25) is 0 Å². The Hall–Kier alpha value is -1.29. The van der Waals surface area contributed by atoms with E-state index < -0.39 is 0 Å². The van der Waals surface area contributed by atoms with Crippen LogP contribution in [0.25, 0.3) is 0 Å². The van der Waals surface area contributed by atoms with Crippen LogP contribution in [0.15, 0.2) is 39.7 Å².